The summed E-state index contributed by atoms with van der Waals surface area (Å²) >= 11 is 0. The number of amides is 1. The maximum Gasteiger partial charge on any atom is 0.335 e. The van der Waals surface area contributed by atoms with Gasteiger partial charge in [0.15, 0.2) is 0 Å². The van der Waals surface area contributed by atoms with Crippen LogP contribution in [0.15, 0.2) is 48.5 Å². The maximum atomic E-state index is 12.7. The number of hydrogen-bond donors (Lipinski definition) is 1. The monoisotopic (exact) mass is 351 g/mol. The van der Waals surface area contributed by atoms with Crippen LogP contribution >= 0.6 is 0 Å². The molecule has 26 heavy (non-hydrogen) atoms. The van der Waals surface area contributed by atoms with Crippen LogP contribution in [0.3, 0.4) is 0 Å². The molecule has 2 aromatic carbocycles. The number of nitrogens with zero attached hydrogens (tertiary/aromatic N) is 1. The van der Waals surface area contributed by atoms with Crippen LogP contribution in [0.1, 0.15) is 51.6 Å². The van der Waals surface area contributed by atoms with E-state index in [9.17, 15) is 14.7 Å². The van der Waals surface area contributed by atoms with Crippen molar-refractivity contribution in [2.24, 2.45) is 5.92 Å². The molecule has 136 valence electrons. The average Bonchev–Trinajstić information content (AvgIpc) is 2.68. The van der Waals surface area contributed by atoms with Gasteiger partial charge in [-0.2, -0.15) is 0 Å². The molecule has 0 radical (unpaired) electrons. The quantitative estimate of drug-likeness (QED) is 0.884. The number of likely N-dealkylation sites (tertiary alicyclic amines) is 1. The van der Waals surface area contributed by atoms with Gasteiger partial charge in [-0.3, -0.25) is 4.79 Å². The van der Waals surface area contributed by atoms with Gasteiger partial charge in [-0.1, -0.05) is 37.3 Å². The molecule has 4 nitrogen and oxygen atoms in total. The molecule has 1 N–H and O–H groups in total. The smallest absolute Gasteiger partial charge is 0.335 e. The fraction of sp³-hybridized carbons (Fsp3) is 0.364. The normalized spacial score (nSPS) is 15.0. The topological polar surface area (TPSA) is 57.6 Å². The molecule has 0 unspecified atom stereocenters. The fourth-order valence-corrected chi connectivity index (χ4v) is 3.62. The maximum absolute atomic E-state index is 12.7. The average molecular weight is 351 g/mol. The van der Waals surface area contributed by atoms with Gasteiger partial charge in [0.1, 0.15) is 0 Å². The van der Waals surface area contributed by atoms with Gasteiger partial charge in [0, 0.05) is 18.7 Å². The van der Waals surface area contributed by atoms with Crippen molar-refractivity contribution in [3.63, 3.8) is 0 Å². The summed E-state index contributed by atoms with van der Waals surface area (Å²) in [4.78, 5) is 25.9. The van der Waals surface area contributed by atoms with E-state index in [1.807, 2.05) is 41.3 Å². The van der Waals surface area contributed by atoms with Crippen LogP contribution in [0, 0.1) is 5.92 Å². The van der Waals surface area contributed by atoms with Crippen LogP contribution in [0.25, 0.3) is 0 Å². The van der Waals surface area contributed by atoms with Crippen LogP contribution in [0.5, 0.6) is 0 Å². The molecule has 1 amide bonds. The zero-order valence-corrected chi connectivity index (χ0v) is 15.1. The minimum absolute atomic E-state index is 0.0945. The van der Waals surface area contributed by atoms with Crippen LogP contribution in [0.2, 0.25) is 0 Å². The highest BCUT2D eigenvalue weighted by atomic mass is 16.4. The van der Waals surface area contributed by atoms with Crippen molar-refractivity contribution in [3.8, 4) is 0 Å². The van der Waals surface area contributed by atoms with E-state index in [2.05, 4.69) is 6.92 Å². The molecule has 0 spiro atoms. The zero-order valence-electron chi connectivity index (χ0n) is 15.1. The molecule has 1 saturated heterocycles. The van der Waals surface area contributed by atoms with Gasteiger partial charge in [0.05, 0.1) is 5.56 Å². The van der Waals surface area contributed by atoms with Gasteiger partial charge in [0.2, 0.25) is 0 Å². The third-order valence-electron chi connectivity index (χ3n) is 5.27. The molecule has 0 aromatic heterocycles. The Bertz CT molecular complexity index is 774. The summed E-state index contributed by atoms with van der Waals surface area (Å²) in [7, 11) is 0. The summed E-state index contributed by atoms with van der Waals surface area (Å²) in [6, 6.07) is 15.1. The fourth-order valence-electron chi connectivity index (χ4n) is 3.62. The van der Waals surface area contributed by atoms with Gasteiger partial charge < -0.3 is 10.0 Å². The third kappa shape index (κ3) is 4.13. The molecule has 1 fully saturated rings. The number of aromatic carboxylic acids is 1. The second kappa shape index (κ2) is 8.17. The third-order valence-corrected chi connectivity index (χ3v) is 5.27. The second-order valence-electron chi connectivity index (χ2n) is 6.95. The van der Waals surface area contributed by atoms with E-state index < -0.39 is 5.97 Å². The summed E-state index contributed by atoms with van der Waals surface area (Å²) in [6.45, 7) is 3.56. The summed E-state index contributed by atoms with van der Waals surface area (Å²) in [6.07, 6.45) is 3.55. The molecular weight excluding hydrogens is 326 g/mol. The van der Waals surface area contributed by atoms with Crippen LogP contribution in [0.4, 0.5) is 0 Å². The first-order chi connectivity index (χ1) is 12.6. The van der Waals surface area contributed by atoms with E-state index in [4.69, 9.17) is 0 Å². The molecule has 1 aliphatic rings. The minimum Gasteiger partial charge on any atom is -0.478 e. The first-order valence-electron chi connectivity index (χ1n) is 9.28. The van der Waals surface area contributed by atoms with Crippen LogP contribution < -0.4 is 0 Å². The Morgan fingerprint density at radius 3 is 2.31 bits per heavy atom. The van der Waals surface area contributed by atoms with E-state index in [-0.39, 0.29) is 5.91 Å². The lowest BCUT2D eigenvalue weighted by molar-refractivity contribution is 0.0690. The lowest BCUT2D eigenvalue weighted by Crippen LogP contribution is -2.39. The molecular formula is C22H25NO3. The molecule has 0 saturated carbocycles. The van der Waals surface area contributed by atoms with E-state index in [1.54, 1.807) is 12.1 Å². The molecule has 0 aliphatic carbocycles. The lowest BCUT2D eigenvalue weighted by atomic mass is 9.88. The van der Waals surface area contributed by atoms with Gasteiger partial charge >= 0.3 is 5.97 Å². The number of rotatable bonds is 5. The Kier molecular flexibility index (Phi) is 5.71. The second-order valence-corrected chi connectivity index (χ2v) is 6.95. The minimum atomic E-state index is -0.872. The molecule has 1 heterocycles. The zero-order chi connectivity index (χ0) is 18.5. The van der Waals surface area contributed by atoms with Crippen molar-refractivity contribution in [1.29, 1.82) is 0 Å². The Labute approximate surface area is 154 Å². The SMILES string of the molecule is CCc1ccc(C(=O)N2CCC(Cc3ccccc3C(=O)O)CC2)cc1. The summed E-state index contributed by atoms with van der Waals surface area (Å²) in [5.41, 5.74) is 3.26. The van der Waals surface area contributed by atoms with Crippen molar-refractivity contribution >= 4 is 11.9 Å². The van der Waals surface area contributed by atoms with Crippen molar-refractivity contribution in [3.05, 3.63) is 70.8 Å². The molecule has 1 aliphatic heterocycles. The standard InChI is InChI=1S/C22H25NO3/c1-2-16-7-9-18(10-8-16)21(24)23-13-11-17(12-14-23)15-19-5-3-4-6-20(19)22(25)26/h3-10,17H,2,11-15H2,1H3,(H,25,26). The first kappa shape index (κ1) is 18.2. The van der Waals surface area contributed by atoms with E-state index in [0.29, 0.717) is 11.5 Å². The van der Waals surface area contributed by atoms with Crippen LogP contribution in [-0.4, -0.2) is 35.0 Å². The molecule has 3 rings (SSSR count). The van der Waals surface area contributed by atoms with Crippen LogP contribution in [-0.2, 0) is 12.8 Å². The van der Waals surface area contributed by atoms with Crippen molar-refractivity contribution in [2.75, 3.05) is 13.1 Å². The van der Waals surface area contributed by atoms with E-state index in [1.165, 1.54) is 5.56 Å². The number of hydrogen-bond acceptors (Lipinski definition) is 2. The number of benzene rings is 2. The lowest BCUT2D eigenvalue weighted by Gasteiger charge is -2.32. The van der Waals surface area contributed by atoms with E-state index >= 15 is 0 Å². The van der Waals surface area contributed by atoms with Crippen molar-refractivity contribution in [1.82, 2.24) is 4.90 Å². The number of carbonyl (C=O) groups excluding carboxylic acids is 1. The van der Waals surface area contributed by atoms with Crippen molar-refractivity contribution < 1.29 is 14.7 Å². The molecule has 0 atom stereocenters. The Hall–Kier alpha value is -2.62. The van der Waals surface area contributed by atoms with E-state index in [0.717, 1.165) is 49.9 Å². The summed E-state index contributed by atoms with van der Waals surface area (Å²) in [5.74, 6) is -0.359. The number of piperidine rings is 1. The molecule has 4 heteroatoms. The predicted octanol–water partition coefficient (Wildman–Crippen LogP) is 4.04. The van der Waals surface area contributed by atoms with Gasteiger partial charge in [-0.25, -0.2) is 4.79 Å². The Morgan fingerprint density at radius 1 is 1.04 bits per heavy atom. The largest absolute Gasteiger partial charge is 0.478 e. The molecule has 2 aromatic rings. The summed E-state index contributed by atoms with van der Waals surface area (Å²) < 4.78 is 0. The predicted molar refractivity (Wildman–Crippen MR) is 102 cm³/mol. The van der Waals surface area contributed by atoms with Gasteiger partial charge in [-0.05, 0) is 60.9 Å². The number of aryl methyl sites for hydroxylation is 1. The molecule has 0 bridgehead atoms. The van der Waals surface area contributed by atoms with Gasteiger partial charge in [-0.15, -0.1) is 0 Å². The highest BCUT2D eigenvalue weighted by Gasteiger charge is 2.24. The highest BCUT2D eigenvalue weighted by Crippen LogP contribution is 2.24. The first-order valence-corrected chi connectivity index (χ1v) is 9.28. The van der Waals surface area contributed by atoms with Crippen molar-refractivity contribution in [2.45, 2.75) is 32.6 Å². The number of carboxylic acid groups (broad SMARTS) is 1. The number of carbonyl (C=O) groups is 2. The Balaban J connectivity index is 1.59. The summed E-state index contributed by atoms with van der Waals surface area (Å²) in [5, 5.41) is 9.32. The highest BCUT2D eigenvalue weighted by molar-refractivity contribution is 5.94. The van der Waals surface area contributed by atoms with Gasteiger partial charge in [0.25, 0.3) is 5.91 Å². The Morgan fingerprint density at radius 2 is 1.69 bits per heavy atom. The number of carboxylic acids is 1.